The van der Waals surface area contributed by atoms with E-state index in [1.807, 2.05) is 18.2 Å². The van der Waals surface area contributed by atoms with Crippen LogP contribution in [0.15, 0.2) is 41.8 Å². The van der Waals surface area contributed by atoms with Gasteiger partial charge < -0.3 is 20.1 Å². The molecule has 2 aromatic rings. The first-order valence-electron chi connectivity index (χ1n) is 9.68. The third-order valence-corrected chi connectivity index (χ3v) is 5.96. The Labute approximate surface area is 179 Å². The number of methoxy groups -OCH3 is 1. The zero-order valence-corrected chi connectivity index (χ0v) is 17.6. The molecule has 1 aromatic carbocycles. The smallest absolute Gasteiger partial charge is 0.350 e. The van der Waals surface area contributed by atoms with Gasteiger partial charge in [0.2, 0.25) is 5.91 Å². The Morgan fingerprint density at radius 2 is 1.83 bits per heavy atom. The number of carboxylic acids is 1. The predicted octanol–water partition coefficient (Wildman–Crippen LogP) is 2.39. The van der Waals surface area contributed by atoms with E-state index >= 15 is 0 Å². The van der Waals surface area contributed by atoms with Crippen molar-refractivity contribution in [3.63, 3.8) is 0 Å². The van der Waals surface area contributed by atoms with Crippen LogP contribution in [0.5, 0.6) is 0 Å². The zero-order chi connectivity index (χ0) is 21.5. The van der Waals surface area contributed by atoms with Gasteiger partial charge in [-0.05, 0) is 23.6 Å². The molecule has 0 saturated carbocycles. The van der Waals surface area contributed by atoms with Crippen molar-refractivity contribution in [2.45, 2.75) is 6.42 Å². The number of ether oxygens (including phenoxy) is 1. The standard InChI is InChI=1S/C21H25N3O5S/c1-29-21(28)19-17(7-12-30-19)22-18(25)13-15(20(26)27)14-23-8-10-24(11-9-23)16-5-3-2-4-6-16/h2-7,12,15H,8-11,13-14H2,1H3,(H,22,25)(H,26,27)/t15-/m1/s1. The fourth-order valence-electron chi connectivity index (χ4n) is 3.45. The van der Waals surface area contributed by atoms with Crippen molar-refractivity contribution in [2.24, 2.45) is 5.92 Å². The van der Waals surface area contributed by atoms with Crippen LogP contribution in [0.3, 0.4) is 0 Å². The molecule has 3 rings (SSSR count). The molecule has 1 amide bonds. The molecule has 1 saturated heterocycles. The second kappa shape index (κ2) is 10.2. The summed E-state index contributed by atoms with van der Waals surface area (Å²) < 4.78 is 4.69. The predicted molar refractivity (Wildman–Crippen MR) is 115 cm³/mol. The van der Waals surface area contributed by atoms with Gasteiger partial charge in [-0.2, -0.15) is 0 Å². The van der Waals surface area contributed by atoms with Gasteiger partial charge in [-0.15, -0.1) is 11.3 Å². The number of thiophene rings is 1. The van der Waals surface area contributed by atoms with Gasteiger partial charge in [-0.1, -0.05) is 18.2 Å². The molecule has 0 unspecified atom stereocenters. The highest BCUT2D eigenvalue weighted by Gasteiger charge is 2.27. The van der Waals surface area contributed by atoms with Crippen molar-refractivity contribution >= 4 is 40.6 Å². The molecule has 1 fully saturated rings. The van der Waals surface area contributed by atoms with Gasteiger partial charge in [0.05, 0.1) is 18.7 Å². The van der Waals surface area contributed by atoms with Gasteiger partial charge in [0.1, 0.15) is 4.88 Å². The van der Waals surface area contributed by atoms with Crippen molar-refractivity contribution < 1.29 is 24.2 Å². The number of piperazine rings is 1. The third kappa shape index (κ3) is 5.58. The Morgan fingerprint density at radius 3 is 2.47 bits per heavy atom. The summed E-state index contributed by atoms with van der Waals surface area (Å²) in [4.78, 5) is 40.5. The number of rotatable bonds is 8. The number of nitrogens with one attached hydrogen (secondary N) is 1. The van der Waals surface area contributed by atoms with Crippen LogP contribution in [-0.2, 0) is 14.3 Å². The lowest BCUT2D eigenvalue weighted by atomic mass is 10.0. The molecule has 1 aromatic heterocycles. The van der Waals surface area contributed by atoms with Crippen molar-refractivity contribution in [1.82, 2.24) is 4.90 Å². The van der Waals surface area contributed by atoms with Crippen LogP contribution in [0.2, 0.25) is 0 Å². The molecule has 0 radical (unpaired) electrons. The Morgan fingerprint density at radius 1 is 1.13 bits per heavy atom. The summed E-state index contributed by atoms with van der Waals surface area (Å²) in [5.41, 5.74) is 1.50. The lowest BCUT2D eigenvalue weighted by Gasteiger charge is -2.37. The van der Waals surface area contributed by atoms with E-state index in [1.165, 1.54) is 7.11 Å². The van der Waals surface area contributed by atoms with Gasteiger partial charge in [0.15, 0.2) is 0 Å². The van der Waals surface area contributed by atoms with Crippen LogP contribution in [-0.4, -0.2) is 67.7 Å². The van der Waals surface area contributed by atoms with Crippen LogP contribution < -0.4 is 10.2 Å². The van der Waals surface area contributed by atoms with Crippen LogP contribution >= 0.6 is 11.3 Å². The lowest BCUT2D eigenvalue weighted by Crippen LogP contribution is -2.48. The number of hydrogen-bond donors (Lipinski definition) is 2. The average Bonchev–Trinajstić information content (AvgIpc) is 3.21. The molecule has 0 bridgehead atoms. The highest BCUT2D eigenvalue weighted by atomic mass is 32.1. The minimum absolute atomic E-state index is 0.162. The SMILES string of the molecule is COC(=O)c1sccc1NC(=O)C[C@H](CN1CCN(c2ccccc2)CC1)C(=O)O. The number of carboxylic acid groups (broad SMARTS) is 1. The molecule has 1 atom stereocenters. The molecular formula is C21H25N3O5S. The average molecular weight is 432 g/mol. The highest BCUT2D eigenvalue weighted by molar-refractivity contribution is 7.12. The largest absolute Gasteiger partial charge is 0.481 e. The number of amides is 1. The summed E-state index contributed by atoms with van der Waals surface area (Å²) in [6.07, 6.45) is -0.162. The first kappa shape index (κ1) is 21.8. The molecule has 8 nitrogen and oxygen atoms in total. The summed E-state index contributed by atoms with van der Waals surface area (Å²) in [6, 6.07) is 11.7. The molecule has 30 heavy (non-hydrogen) atoms. The molecule has 160 valence electrons. The first-order chi connectivity index (χ1) is 14.5. The second-order valence-corrected chi connectivity index (χ2v) is 7.98. The quantitative estimate of drug-likeness (QED) is 0.619. The monoisotopic (exact) mass is 431 g/mol. The van der Waals surface area contributed by atoms with Gasteiger partial charge in [-0.3, -0.25) is 14.5 Å². The number of anilines is 2. The van der Waals surface area contributed by atoms with Gasteiger partial charge in [0, 0.05) is 44.8 Å². The van der Waals surface area contributed by atoms with E-state index in [1.54, 1.807) is 11.4 Å². The van der Waals surface area contributed by atoms with Crippen molar-refractivity contribution in [1.29, 1.82) is 0 Å². The van der Waals surface area contributed by atoms with Crippen LogP contribution in [0, 0.1) is 5.92 Å². The Kier molecular flexibility index (Phi) is 7.42. The molecule has 2 N–H and O–H groups in total. The summed E-state index contributed by atoms with van der Waals surface area (Å²) in [5, 5.41) is 13.9. The maximum absolute atomic E-state index is 12.4. The Bertz CT molecular complexity index is 878. The van der Waals surface area contributed by atoms with Crippen LogP contribution in [0.1, 0.15) is 16.1 Å². The van der Waals surface area contributed by atoms with E-state index in [0.29, 0.717) is 12.2 Å². The van der Waals surface area contributed by atoms with E-state index in [2.05, 4.69) is 27.2 Å². The topological polar surface area (TPSA) is 99.2 Å². The van der Waals surface area contributed by atoms with Gasteiger partial charge in [-0.25, -0.2) is 4.79 Å². The summed E-state index contributed by atoms with van der Waals surface area (Å²) in [7, 11) is 1.27. The number of esters is 1. The molecule has 0 spiro atoms. The number of benzene rings is 1. The Hall–Kier alpha value is -2.91. The Balaban J connectivity index is 1.53. The molecule has 0 aliphatic carbocycles. The molecule has 1 aliphatic rings. The minimum atomic E-state index is -1.01. The summed E-state index contributed by atoms with van der Waals surface area (Å²) in [6.45, 7) is 3.38. The number of carbonyl (C=O) groups excluding carboxylic acids is 2. The molecular weight excluding hydrogens is 406 g/mol. The van der Waals surface area contributed by atoms with Crippen molar-refractivity contribution in [3.8, 4) is 0 Å². The molecule has 9 heteroatoms. The van der Waals surface area contributed by atoms with Crippen molar-refractivity contribution in [3.05, 3.63) is 46.7 Å². The fourth-order valence-corrected chi connectivity index (χ4v) is 4.22. The third-order valence-electron chi connectivity index (χ3n) is 5.06. The number of hydrogen-bond acceptors (Lipinski definition) is 7. The lowest BCUT2D eigenvalue weighted by molar-refractivity contribution is -0.144. The maximum Gasteiger partial charge on any atom is 0.350 e. The van der Waals surface area contributed by atoms with E-state index in [4.69, 9.17) is 4.74 Å². The van der Waals surface area contributed by atoms with Crippen LogP contribution in [0.4, 0.5) is 11.4 Å². The number of nitrogens with zero attached hydrogens (tertiary/aromatic N) is 2. The highest BCUT2D eigenvalue weighted by Crippen LogP contribution is 2.24. The second-order valence-electron chi connectivity index (χ2n) is 7.07. The fraction of sp³-hybridized carbons (Fsp3) is 0.381. The summed E-state index contributed by atoms with van der Waals surface area (Å²) in [5.74, 6) is -2.80. The maximum atomic E-state index is 12.4. The normalized spacial score (nSPS) is 15.4. The van der Waals surface area contributed by atoms with Gasteiger partial charge in [0.25, 0.3) is 0 Å². The van der Waals surface area contributed by atoms with E-state index in [9.17, 15) is 19.5 Å². The van der Waals surface area contributed by atoms with E-state index < -0.39 is 23.8 Å². The number of carbonyl (C=O) groups is 3. The van der Waals surface area contributed by atoms with Crippen molar-refractivity contribution in [2.75, 3.05) is 50.1 Å². The van der Waals surface area contributed by atoms with E-state index in [-0.39, 0.29) is 11.3 Å². The number of para-hydroxylation sites is 1. The summed E-state index contributed by atoms with van der Waals surface area (Å²) >= 11 is 1.16. The van der Waals surface area contributed by atoms with Crippen LogP contribution in [0.25, 0.3) is 0 Å². The minimum Gasteiger partial charge on any atom is -0.481 e. The zero-order valence-electron chi connectivity index (χ0n) is 16.7. The molecule has 1 aliphatic heterocycles. The molecule has 2 heterocycles. The van der Waals surface area contributed by atoms with E-state index in [0.717, 1.165) is 43.2 Å². The van der Waals surface area contributed by atoms with Gasteiger partial charge >= 0.3 is 11.9 Å². The number of aliphatic carboxylic acids is 1. The first-order valence-corrected chi connectivity index (χ1v) is 10.6.